The normalized spacial score (nSPS) is 14.3. The standard InChI is InChI=1S/C16H17BrN2O3/c1-22-15-11(12-8-13(16(20)21)19-18-12)7-9-5-3-2-4-6-10(9)14(15)17/h7-8H,2-6H2,1H3,(H,18,19)(H,20,21). The van der Waals surface area contributed by atoms with Crippen molar-refractivity contribution >= 4 is 21.9 Å². The summed E-state index contributed by atoms with van der Waals surface area (Å²) in [4.78, 5) is 11.0. The third-order valence-corrected chi connectivity index (χ3v) is 4.92. The summed E-state index contributed by atoms with van der Waals surface area (Å²) in [5.74, 6) is -0.310. The van der Waals surface area contributed by atoms with Crippen molar-refractivity contribution in [3.8, 4) is 17.0 Å². The van der Waals surface area contributed by atoms with Gasteiger partial charge >= 0.3 is 5.97 Å². The fourth-order valence-electron chi connectivity index (χ4n) is 2.97. The minimum atomic E-state index is -1.02. The molecule has 0 aliphatic heterocycles. The fraction of sp³-hybridized carbons (Fsp3) is 0.375. The minimum Gasteiger partial charge on any atom is -0.495 e. The molecule has 0 unspecified atom stereocenters. The van der Waals surface area contributed by atoms with Crippen molar-refractivity contribution in [1.82, 2.24) is 10.2 Å². The van der Waals surface area contributed by atoms with Crippen LogP contribution in [0.1, 0.15) is 40.9 Å². The van der Waals surface area contributed by atoms with Crippen LogP contribution < -0.4 is 4.74 Å². The lowest BCUT2D eigenvalue weighted by atomic mass is 9.97. The molecule has 116 valence electrons. The Morgan fingerprint density at radius 1 is 1.32 bits per heavy atom. The number of nitrogens with zero attached hydrogens (tertiary/aromatic N) is 1. The van der Waals surface area contributed by atoms with Gasteiger partial charge in [0, 0.05) is 5.56 Å². The van der Waals surface area contributed by atoms with Crippen molar-refractivity contribution < 1.29 is 14.6 Å². The number of carbonyl (C=O) groups is 1. The van der Waals surface area contributed by atoms with Crippen LogP contribution in [0.5, 0.6) is 5.75 Å². The molecule has 5 nitrogen and oxygen atoms in total. The number of rotatable bonds is 3. The first-order valence-corrected chi connectivity index (χ1v) is 8.08. The van der Waals surface area contributed by atoms with Gasteiger partial charge in [0.25, 0.3) is 0 Å². The van der Waals surface area contributed by atoms with Crippen LogP contribution in [0, 0.1) is 0 Å². The van der Waals surface area contributed by atoms with Crippen LogP contribution in [0.2, 0.25) is 0 Å². The number of ether oxygens (including phenoxy) is 1. The molecule has 0 radical (unpaired) electrons. The Balaban J connectivity index is 2.15. The number of halogens is 1. The Morgan fingerprint density at radius 2 is 2.09 bits per heavy atom. The highest BCUT2D eigenvalue weighted by Gasteiger charge is 2.21. The van der Waals surface area contributed by atoms with E-state index in [9.17, 15) is 4.79 Å². The van der Waals surface area contributed by atoms with E-state index in [2.05, 4.69) is 32.2 Å². The highest BCUT2D eigenvalue weighted by atomic mass is 79.9. The molecule has 0 amide bonds. The quantitative estimate of drug-likeness (QED) is 0.811. The number of carboxylic acid groups (broad SMARTS) is 1. The van der Waals surface area contributed by atoms with Crippen LogP contribution in [0.3, 0.4) is 0 Å². The Morgan fingerprint density at radius 3 is 2.77 bits per heavy atom. The maximum Gasteiger partial charge on any atom is 0.353 e. The fourth-order valence-corrected chi connectivity index (χ4v) is 3.80. The van der Waals surface area contributed by atoms with E-state index in [-0.39, 0.29) is 5.69 Å². The molecular formula is C16H17BrN2O3. The van der Waals surface area contributed by atoms with Gasteiger partial charge in [-0.1, -0.05) is 6.42 Å². The lowest BCUT2D eigenvalue weighted by molar-refractivity contribution is 0.0690. The molecule has 1 aliphatic rings. The van der Waals surface area contributed by atoms with E-state index in [1.165, 1.54) is 36.5 Å². The third kappa shape index (κ3) is 2.63. The first kappa shape index (κ1) is 15.1. The smallest absolute Gasteiger partial charge is 0.353 e. The Bertz CT molecular complexity index is 724. The molecular weight excluding hydrogens is 348 g/mol. The Kier molecular flexibility index (Phi) is 4.20. The van der Waals surface area contributed by atoms with E-state index >= 15 is 0 Å². The molecule has 2 N–H and O–H groups in total. The van der Waals surface area contributed by atoms with Gasteiger partial charge in [-0.15, -0.1) is 0 Å². The lowest BCUT2D eigenvalue weighted by Crippen LogP contribution is -1.99. The predicted octanol–water partition coefficient (Wildman–Crippen LogP) is 3.81. The van der Waals surface area contributed by atoms with Gasteiger partial charge in [0.05, 0.1) is 17.3 Å². The van der Waals surface area contributed by atoms with Crippen LogP contribution >= 0.6 is 15.9 Å². The van der Waals surface area contributed by atoms with E-state index in [0.29, 0.717) is 11.4 Å². The zero-order valence-electron chi connectivity index (χ0n) is 12.3. The predicted molar refractivity (Wildman–Crippen MR) is 86.5 cm³/mol. The topological polar surface area (TPSA) is 75.2 Å². The number of aromatic amines is 1. The number of aromatic carboxylic acids is 1. The van der Waals surface area contributed by atoms with Gasteiger partial charge in [-0.05, 0) is 64.9 Å². The summed E-state index contributed by atoms with van der Waals surface area (Å²) in [6, 6.07) is 3.63. The number of hydrogen-bond acceptors (Lipinski definition) is 3. The Hall–Kier alpha value is -1.82. The highest BCUT2D eigenvalue weighted by molar-refractivity contribution is 9.10. The lowest BCUT2D eigenvalue weighted by Gasteiger charge is -2.16. The second kappa shape index (κ2) is 6.12. The molecule has 22 heavy (non-hydrogen) atoms. The summed E-state index contributed by atoms with van der Waals surface area (Å²) >= 11 is 3.67. The number of fused-ring (bicyclic) bond motifs is 1. The number of H-pyrrole nitrogens is 1. The molecule has 1 aromatic carbocycles. The maximum atomic E-state index is 11.0. The third-order valence-electron chi connectivity index (χ3n) is 4.08. The summed E-state index contributed by atoms with van der Waals surface area (Å²) in [5.41, 5.74) is 4.07. The van der Waals surface area contributed by atoms with Crippen molar-refractivity contribution in [2.75, 3.05) is 7.11 Å². The number of aromatic nitrogens is 2. The second-order valence-corrected chi connectivity index (χ2v) is 6.23. The summed E-state index contributed by atoms with van der Waals surface area (Å²) in [7, 11) is 1.62. The summed E-state index contributed by atoms with van der Waals surface area (Å²) in [5, 5.41) is 15.7. The van der Waals surface area contributed by atoms with Gasteiger partial charge in [0.1, 0.15) is 11.4 Å². The number of methoxy groups -OCH3 is 1. The zero-order chi connectivity index (χ0) is 15.7. The van der Waals surface area contributed by atoms with Crippen LogP contribution in [0.15, 0.2) is 16.6 Å². The van der Waals surface area contributed by atoms with Crippen LogP contribution in [-0.4, -0.2) is 28.4 Å². The van der Waals surface area contributed by atoms with Gasteiger partial charge in [0.15, 0.2) is 0 Å². The van der Waals surface area contributed by atoms with Crippen LogP contribution in [0.4, 0.5) is 0 Å². The largest absolute Gasteiger partial charge is 0.495 e. The molecule has 1 aliphatic carbocycles. The van der Waals surface area contributed by atoms with Gasteiger partial charge in [-0.3, -0.25) is 5.10 Å². The summed E-state index contributed by atoms with van der Waals surface area (Å²) < 4.78 is 6.52. The van der Waals surface area contributed by atoms with Gasteiger partial charge in [0.2, 0.25) is 0 Å². The van der Waals surface area contributed by atoms with E-state index in [0.717, 1.165) is 22.9 Å². The highest BCUT2D eigenvalue weighted by Crippen LogP contribution is 2.42. The first-order valence-electron chi connectivity index (χ1n) is 7.29. The molecule has 2 aromatic rings. The molecule has 0 saturated heterocycles. The van der Waals surface area contributed by atoms with Gasteiger partial charge < -0.3 is 9.84 Å². The van der Waals surface area contributed by atoms with Crippen LogP contribution in [-0.2, 0) is 12.8 Å². The monoisotopic (exact) mass is 364 g/mol. The number of hydrogen-bond donors (Lipinski definition) is 2. The van der Waals surface area contributed by atoms with Gasteiger partial charge in [-0.2, -0.15) is 5.10 Å². The average Bonchev–Trinajstić information content (AvgIpc) is 2.87. The average molecular weight is 365 g/mol. The van der Waals surface area contributed by atoms with E-state index < -0.39 is 5.97 Å². The molecule has 0 bridgehead atoms. The zero-order valence-corrected chi connectivity index (χ0v) is 13.9. The molecule has 0 atom stereocenters. The SMILES string of the molecule is COc1c(-c2cc(C(=O)O)[nH]n2)cc2c(c1Br)CCCCC2. The van der Waals surface area contributed by atoms with Crippen molar-refractivity contribution in [2.24, 2.45) is 0 Å². The number of nitrogens with one attached hydrogen (secondary N) is 1. The molecule has 0 spiro atoms. The summed E-state index contributed by atoms with van der Waals surface area (Å²) in [6.07, 6.45) is 5.64. The molecule has 3 rings (SSSR count). The minimum absolute atomic E-state index is 0.0723. The van der Waals surface area contributed by atoms with Gasteiger partial charge in [-0.25, -0.2) is 4.79 Å². The second-order valence-electron chi connectivity index (χ2n) is 5.44. The maximum absolute atomic E-state index is 11.0. The molecule has 0 saturated carbocycles. The first-order chi connectivity index (χ1) is 10.6. The van der Waals surface area contributed by atoms with Crippen molar-refractivity contribution in [3.63, 3.8) is 0 Å². The van der Waals surface area contributed by atoms with Crippen molar-refractivity contribution in [1.29, 1.82) is 0 Å². The molecule has 1 aromatic heterocycles. The van der Waals surface area contributed by atoms with E-state index in [4.69, 9.17) is 9.84 Å². The van der Waals surface area contributed by atoms with Crippen molar-refractivity contribution in [3.05, 3.63) is 33.4 Å². The van der Waals surface area contributed by atoms with E-state index in [1.807, 2.05) is 0 Å². The van der Waals surface area contributed by atoms with E-state index in [1.54, 1.807) is 7.11 Å². The summed E-state index contributed by atoms with van der Waals surface area (Å²) in [6.45, 7) is 0. The van der Waals surface area contributed by atoms with Crippen molar-refractivity contribution in [2.45, 2.75) is 32.1 Å². The molecule has 1 heterocycles. The Labute approximate surface area is 136 Å². The van der Waals surface area contributed by atoms with Crippen LogP contribution in [0.25, 0.3) is 11.3 Å². The number of benzene rings is 1. The molecule has 0 fully saturated rings. The number of carboxylic acids is 1. The number of aryl methyl sites for hydroxylation is 1. The molecule has 6 heteroatoms.